The first kappa shape index (κ1) is 28.0. The second-order valence-corrected chi connectivity index (χ2v) is 5.80. The first-order valence-electron chi connectivity index (χ1n) is 8.10. The number of halogens is 3. The molecular weight excluding hydrogens is 359 g/mol. The Morgan fingerprint density at radius 3 is 2.17 bits per heavy atom. The summed E-state index contributed by atoms with van der Waals surface area (Å²) >= 11 is 0. The summed E-state index contributed by atoms with van der Waals surface area (Å²) in [4.78, 5) is 16.5. The number of nitrogens with one attached hydrogen (secondary N) is 1. The van der Waals surface area contributed by atoms with Crippen LogP contribution in [0.4, 0.5) is 0 Å². The first-order chi connectivity index (χ1) is 9.72. The SMILES string of the molecule is CN1CCN(CCCNC(=O)CCCCCCN)CC1.Cl.Cl.Cl. The van der Waals surface area contributed by atoms with Gasteiger partial charge in [0.25, 0.3) is 0 Å². The highest BCUT2D eigenvalue weighted by molar-refractivity contribution is 5.86. The van der Waals surface area contributed by atoms with E-state index in [4.69, 9.17) is 5.73 Å². The number of rotatable bonds is 10. The van der Waals surface area contributed by atoms with E-state index in [-0.39, 0.29) is 43.1 Å². The van der Waals surface area contributed by atoms with Crippen LogP contribution in [0.3, 0.4) is 0 Å². The molecule has 1 fully saturated rings. The fraction of sp³-hybridized carbons (Fsp3) is 0.933. The van der Waals surface area contributed by atoms with Crippen molar-refractivity contribution in [3.63, 3.8) is 0 Å². The van der Waals surface area contributed by atoms with Gasteiger partial charge in [0.15, 0.2) is 0 Å². The van der Waals surface area contributed by atoms with Crippen LogP contribution in [-0.2, 0) is 4.79 Å². The van der Waals surface area contributed by atoms with Crippen LogP contribution in [0.25, 0.3) is 0 Å². The lowest BCUT2D eigenvalue weighted by Gasteiger charge is -2.32. The van der Waals surface area contributed by atoms with Gasteiger partial charge in [-0.25, -0.2) is 0 Å². The van der Waals surface area contributed by atoms with Gasteiger partial charge in [-0.15, -0.1) is 37.2 Å². The van der Waals surface area contributed by atoms with Gasteiger partial charge >= 0.3 is 0 Å². The van der Waals surface area contributed by atoms with E-state index in [9.17, 15) is 4.79 Å². The minimum absolute atomic E-state index is 0. The number of hydrogen-bond donors (Lipinski definition) is 2. The molecule has 0 aromatic heterocycles. The van der Waals surface area contributed by atoms with Crippen molar-refractivity contribution in [2.45, 2.75) is 38.5 Å². The zero-order valence-electron chi connectivity index (χ0n) is 14.3. The second kappa shape index (κ2) is 18.6. The Bertz CT molecular complexity index is 265. The van der Waals surface area contributed by atoms with Gasteiger partial charge in [0.2, 0.25) is 5.91 Å². The molecule has 0 aromatic rings. The van der Waals surface area contributed by atoms with E-state index in [2.05, 4.69) is 22.2 Å². The predicted molar refractivity (Wildman–Crippen MR) is 105 cm³/mol. The summed E-state index contributed by atoms with van der Waals surface area (Å²) in [6.07, 6.45) is 6.05. The Kier molecular flexibility index (Phi) is 22.6. The standard InChI is InChI=1S/C15H32N4O.3ClH/c1-18-11-13-19(14-12-18)10-6-9-17-15(20)7-4-2-3-5-8-16;;;/h2-14,16H2,1H3,(H,17,20);3*1H. The summed E-state index contributed by atoms with van der Waals surface area (Å²) in [5.41, 5.74) is 5.43. The average molecular weight is 394 g/mol. The second-order valence-electron chi connectivity index (χ2n) is 5.80. The molecule has 3 N–H and O–H groups in total. The van der Waals surface area contributed by atoms with Gasteiger partial charge < -0.3 is 20.9 Å². The molecule has 142 valence electrons. The summed E-state index contributed by atoms with van der Waals surface area (Å²) in [5.74, 6) is 0.205. The number of amides is 1. The van der Waals surface area contributed by atoms with Crippen molar-refractivity contribution >= 4 is 43.1 Å². The third-order valence-electron chi connectivity index (χ3n) is 3.93. The molecule has 1 saturated heterocycles. The highest BCUT2D eigenvalue weighted by Crippen LogP contribution is 2.02. The fourth-order valence-corrected chi connectivity index (χ4v) is 2.47. The molecule has 1 aliphatic rings. The molecule has 1 rings (SSSR count). The van der Waals surface area contributed by atoms with Crippen molar-refractivity contribution in [3.8, 4) is 0 Å². The van der Waals surface area contributed by atoms with Crippen LogP contribution in [0.5, 0.6) is 0 Å². The Morgan fingerprint density at radius 2 is 1.57 bits per heavy atom. The van der Waals surface area contributed by atoms with E-state index in [0.29, 0.717) is 6.42 Å². The van der Waals surface area contributed by atoms with Crippen LogP contribution in [0.1, 0.15) is 38.5 Å². The van der Waals surface area contributed by atoms with Crippen molar-refractivity contribution in [2.75, 3.05) is 52.9 Å². The largest absolute Gasteiger partial charge is 0.356 e. The van der Waals surface area contributed by atoms with Crippen LogP contribution in [0.2, 0.25) is 0 Å². The minimum atomic E-state index is 0. The molecule has 8 heteroatoms. The van der Waals surface area contributed by atoms with Gasteiger partial charge in [-0.3, -0.25) is 4.79 Å². The first-order valence-corrected chi connectivity index (χ1v) is 8.10. The number of likely N-dealkylation sites (N-methyl/N-ethyl adjacent to an activating group) is 1. The molecule has 1 aliphatic heterocycles. The van der Waals surface area contributed by atoms with Crippen molar-refractivity contribution in [3.05, 3.63) is 0 Å². The van der Waals surface area contributed by atoms with Crippen LogP contribution in [-0.4, -0.2) is 68.6 Å². The lowest BCUT2D eigenvalue weighted by Crippen LogP contribution is -2.45. The van der Waals surface area contributed by atoms with Gasteiger partial charge in [0, 0.05) is 39.1 Å². The molecule has 5 nitrogen and oxygen atoms in total. The average Bonchev–Trinajstić information content (AvgIpc) is 2.45. The van der Waals surface area contributed by atoms with Gasteiger partial charge in [-0.05, 0) is 39.4 Å². The molecule has 0 aromatic carbocycles. The summed E-state index contributed by atoms with van der Waals surface area (Å²) in [6, 6.07) is 0. The zero-order valence-corrected chi connectivity index (χ0v) is 16.7. The van der Waals surface area contributed by atoms with E-state index >= 15 is 0 Å². The maximum atomic E-state index is 11.6. The van der Waals surface area contributed by atoms with Crippen molar-refractivity contribution in [2.24, 2.45) is 5.73 Å². The highest BCUT2D eigenvalue weighted by atomic mass is 35.5. The van der Waals surface area contributed by atoms with Crippen molar-refractivity contribution < 1.29 is 4.79 Å². The number of nitrogens with zero attached hydrogens (tertiary/aromatic N) is 2. The number of hydrogen-bond acceptors (Lipinski definition) is 4. The number of carbonyl (C=O) groups is 1. The van der Waals surface area contributed by atoms with Crippen LogP contribution in [0.15, 0.2) is 0 Å². The number of unbranched alkanes of at least 4 members (excludes halogenated alkanes) is 3. The van der Waals surface area contributed by atoms with Gasteiger partial charge in [-0.2, -0.15) is 0 Å². The monoisotopic (exact) mass is 392 g/mol. The van der Waals surface area contributed by atoms with E-state index in [0.717, 1.165) is 77.9 Å². The maximum absolute atomic E-state index is 11.6. The quantitative estimate of drug-likeness (QED) is 0.557. The van der Waals surface area contributed by atoms with E-state index in [1.54, 1.807) is 0 Å². The smallest absolute Gasteiger partial charge is 0.219 e. The molecule has 1 heterocycles. The fourth-order valence-electron chi connectivity index (χ4n) is 2.47. The van der Waals surface area contributed by atoms with Crippen molar-refractivity contribution in [1.29, 1.82) is 0 Å². The van der Waals surface area contributed by atoms with Gasteiger partial charge in [0.1, 0.15) is 0 Å². The lowest BCUT2D eigenvalue weighted by atomic mass is 10.1. The van der Waals surface area contributed by atoms with E-state index in [1.165, 1.54) is 0 Å². The summed E-state index contributed by atoms with van der Waals surface area (Å²) in [6.45, 7) is 7.32. The molecule has 0 atom stereocenters. The van der Waals surface area contributed by atoms with E-state index in [1.807, 2.05) is 0 Å². The Morgan fingerprint density at radius 1 is 0.957 bits per heavy atom. The van der Waals surface area contributed by atoms with E-state index < -0.39 is 0 Å². The van der Waals surface area contributed by atoms with Crippen LogP contribution >= 0.6 is 37.2 Å². The lowest BCUT2D eigenvalue weighted by molar-refractivity contribution is -0.121. The molecule has 0 spiro atoms. The molecule has 0 unspecified atom stereocenters. The Hall–Kier alpha value is 0.220. The molecule has 1 amide bonds. The molecule has 0 bridgehead atoms. The predicted octanol–water partition coefficient (Wildman–Crippen LogP) is 1.91. The third kappa shape index (κ3) is 15.5. The summed E-state index contributed by atoms with van der Waals surface area (Å²) < 4.78 is 0. The van der Waals surface area contributed by atoms with Crippen LogP contribution < -0.4 is 11.1 Å². The zero-order chi connectivity index (χ0) is 14.6. The molecule has 23 heavy (non-hydrogen) atoms. The maximum Gasteiger partial charge on any atom is 0.219 e. The molecule has 0 radical (unpaired) electrons. The normalized spacial score (nSPS) is 15.0. The summed E-state index contributed by atoms with van der Waals surface area (Å²) in [5, 5.41) is 3.02. The Labute approximate surface area is 160 Å². The highest BCUT2D eigenvalue weighted by Gasteiger charge is 2.12. The summed E-state index contributed by atoms with van der Waals surface area (Å²) in [7, 11) is 2.17. The van der Waals surface area contributed by atoms with Crippen LogP contribution in [0, 0.1) is 0 Å². The molecular formula is C15H35Cl3N4O. The topological polar surface area (TPSA) is 61.6 Å². The molecule has 0 saturated carbocycles. The van der Waals surface area contributed by atoms with Crippen molar-refractivity contribution in [1.82, 2.24) is 15.1 Å². The van der Waals surface area contributed by atoms with Gasteiger partial charge in [-0.1, -0.05) is 12.8 Å². The minimum Gasteiger partial charge on any atom is -0.356 e. The van der Waals surface area contributed by atoms with Gasteiger partial charge in [0.05, 0.1) is 0 Å². The Balaban J connectivity index is -0.00000133. The molecule has 0 aliphatic carbocycles. The number of nitrogens with two attached hydrogens (primary N) is 1. The third-order valence-corrected chi connectivity index (χ3v) is 3.93. The number of carbonyl (C=O) groups excluding carboxylic acids is 1. The number of piperazine rings is 1.